The number of hydrogen-bond donors (Lipinski definition) is 1. The van der Waals surface area contributed by atoms with E-state index in [9.17, 15) is 0 Å². The van der Waals surface area contributed by atoms with E-state index in [1.54, 1.807) is 12.4 Å². The normalized spacial score (nSPS) is 11.5. The van der Waals surface area contributed by atoms with Gasteiger partial charge in [0.1, 0.15) is 5.75 Å². The standard InChI is InChI=1S/C17H23N3O/c1-12-7-6-8-15(13(12)2)21-16-11-18-14(9-19-16)10-20-17(3,4)5/h6-9,11,20H,10H2,1-5H3. The zero-order chi connectivity index (χ0) is 15.5. The van der Waals surface area contributed by atoms with Gasteiger partial charge in [0, 0.05) is 12.1 Å². The van der Waals surface area contributed by atoms with Gasteiger partial charge < -0.3 is 10.1 Å². The van der Waals surface area contributed by atoms with Crippen LogP contribution in [0.1, 0.15) is 37.6 Å². The average molecular weight is 285 g/mol. The van der Waals surface area contributed by atoms with Crippen LogP contribution in [0, 0.1) is 13.8 Å². The summed E-state index contributed by atoms with van der Waals surface area (Å²) >= 11 is 0. The fraction of sp³-hybridized carbons (Fsp3) is 0.412. The van der Waals surface area contributed by atoms with E-state index in [2.05, 4.69) is 49.0 Å². The van der Waals surface area contributed by atoms with Gasteiger partial charge in [-0.3, -0.25) is 4.98 Å². The second-order valence-corrected chi connectivity index (χ2v) is 6.25. The van der Waals surface area contributed by atoms with Gasteiger partial charge in [0.25, 0.3) is 0 Å². The summed E-state index contributed by atoms with van der Waals surface area (Å²) in [7, 11) is 0. The molecule has 0 aliphatic rings. The van der Waals surface area contributed by atoms with E-state index >= 15 is 0 Å². The fourth-order valence-electron chi connectivity index (χ4n) is 1.79. The van der Waals surface area contributed by atoms with Gasteiger partial charge in [-0.05, 0) is 51.8 Å². The summed E-state index contributed by atoms with van der Waals surface area (Å²) in [6.45, 7) is 11.2. The molecule has 4 heteroatoms. The highest BCUT2D eigenvalue weighted by molar-refractivity contribution is 5.39. The largest absolute Gasteiger partial charge is 0.437 e. The van der Waals surface area contributed by atoms with Crippen LogP contribution in [0.2, 0.25) is 0 Å². The Labute approximate surface area is 126 Å². The predicted molar refractivity (Wildman–Crippen MR) is 84.6 cm³/mol. The van der Waals surface area contributed by atoms with Crippen LogP contribution in [-0.2, 0) is 6.54 Å². The molecule has 0 aliphatic heterocycles. The van der Waals surface area contributed by atoms with Crippen LogP contribution in [-0.4, -0.2) is 15.5 Å². The molecule has 1 heterocycles. The third kappa shape index (κ3) is 4.53. The van der Waals surface area contributed by atoms with Crippen LogP contribution in [0.5, 0.6) is 11.6 Å². The summed E-state index contributed by atoms with van der Waals surface area (Å²) in [6, 6.07) is 5.99. The van der Waals surface area contributed by atoms with Gasteiger partial charge in [-0.25, -0.2) is 4.98 Å². The van der Waals surface area contributed by atoms with E-state index in [4.69, 9.17) is 4.74 Å². The molecule has 2 aromatic rings. The maximum atomic E-state index is 5.80. The Hall–Kier alpha value is -1.94. The molecule has 112 valence electrons. The first-order valence-electron chi connectivity index (χ1n) is 7.15. The lowest BCUT2D eigenvalue weighted by Crippen LogP contribution is -2.35. The molecule has 4 nitrogen and oxygen atoms in total. The summed E-state index contributed by atoms with van der Waals surface area (Å²) in [4.78, 5) is 8.70. The molecule has 21 heavy (non-hydrogen) atoms. The Morgan fingerprint density at radius 2 is 1.86 bits per heavy atom. The lowest BCUT2D eigenvalue weighted by atomic mass is 10.1. The Kier molecular flexibility index (Phi) is 4.58. The minimum Gasteiger partial charge on any atom is -0.437 e. The van der Waals surface area contributed by atoms with Gasteiger partial charge in [0.05, 0.1) is 18.1 Å². The highest BCUT2D eigenvalue weighted by Gasteiger charge is 2.09. The van der Waals surface area contributed by atoms with Gasteiger partial charge in [-0.2, -0.15) is 0 Å². The number of aromatic nitrogens is 2. The second kappa shape index (κ2) is 6.22. The minimum absolute atomic E-state index is 0.0650. The van der Waals surface area contributed by atoms with Crippen molar-refractivity contribution in [3.05, 3.63) is 47.4 Å². The van der Waals surface area contributed by atoms with E-state index in [1.165, 1.54) is 5.56 Å². The first-order chi connectivity index (χ1) is 9.85. The van der Waals surface area contributed by atoms with Crippen molar-refractivity contribution >= 4 is 0 Å². The van der Waals surface area contributed by atoms with Gasteiger partial charge >= 0.3 is 0 Å². The molecule has 0 bridgehead atoms. The van der Waals surface area contributed by atoms with Crippen LogP contribution in [0.15, 0.2) is 30.6 Å². The van der Waals surface area contributed by atoms with Gasteiger partial charge in [0.2, 0.25) is 5.88 Å². The van der Waals surface area contributed by atoms with Crippen LogP contribution < -0.4 is 10.1 Å². The first kappa shape index (κ1) is 15.4. The van der Waals surface area contributed by atoms with Crippen molar-refractivity contribution in [3.8, 4) is 11.6 Å². The summed E-state index contributed by atoms with van der Waals surface area (Å²) in [5.41, 5.74) is 3.29. The first-order valence-corrected chi connectivity index (χ1v) is 7.15. The third-order valence-electron chi connectivity index (χ3n) is 3.25. The molecular formula is C17H23N3O. The number of benzene rings is 1. The molecule has 0 unspecified atom stereocenters. The van der Waals surface area contributed by atoms with Crippen molar-refractivity contribution in [2.24, 2.45) is 0 Å². The summed E-state index contributed by atoms with van der Waals surface area (Å²) < 4.78 is 5.80. The van der Waals surface area contributed by atoms with Crippen molar-refractivity contribution in [3.63, 3.8) is 0 Å². The molecule has 0 spiro atoms. The highest BCUT2D eigenvalue weighted by Crippen LogP contribution is 2.25. The predicted octanol–water partition coefficient (Wildman–Crippen LogP) is 3.77. The number of rotatable bonds is 4. The highest BCUT2D eigenvalue weighted by atomic mass is 16.5. The van der Waals surface area contributed by atoms with Crippen LogP contribution >= 0.6 is 0 Å². The molecule has 0 radical (unpaired) electrons. The number of aryl methyl sites for hydroxylation is 1. The molecule has 1 aromatic carbocycles. The molecule has 0 atom stereocenters. The zero-order valence-corrected chi connectivity index (χ0v) is 13.4. The molecule has 2 rings (SSSR count). The van der Waals surface area contributed by atoms with E-state index < -0.39 is 0 Å². The van der Waals surface area contributed by atoms with Gasteiger partial charge in [-0.1, -0.05) is 12.1 Å². The number of nitrogens with one attached hydrogen (secondary N) is 1. The maximum absolute atomic E-state index is 5.80. The lowest BCUT2D eigenvalue weighted by molar-refractivity contribution is 0.418. The van der Waals surface area contributed by atoms with E-state index in [0.29, 0.717) is 12.4 Å². The zero-order valence-electron chi connectivity index (χ0n) is 13.4. The quantitative estimate of drug-likeness (QED) is 0.928. The number of ether oxygens (including phenoxy) is 1. The van der Waals surface area contributed by atoms with Crippen LogP contribution in [0.4, 0.5) is 0 Å². The molecule has 0 aliphatic carbocycles. The smallest absolute Gasteiger partial charge is 0.237 e. The summed E-state index contributed by atoms with van der Waals surface area (Å²) in [5, 5.41) is 3.38. The fourth-order valence-corrected chi connectivity index (χ4v) is 1.79. The van der Waals surface area contributed by atoms with Crippen LogP contribution in [0.25, 0.3) is 0 Å². The SMILES string of the molecule is Cc1cccc(Oc2cnc(CNC(C)(C)C)cn2)c1C. The molecule has 0 saturated heterocycles. The molecule has 1 N–H and O–H groups in total. The van der Waals surface area contributed by atoms with Crippen molar-refractivity contribution in [2.45, 2.75) is 46.7 Å². The lowest BCUT2D eigenvalue weighted by Gasteiger charge is -2.20. The van der Waals surface area contributed by atoms with Gasteiger partial charge in [0.15, 0.2) is 0 Å². The van der Waals surface area contributed by atoms with Crippen molar-refractivity contribution in [1.29, 1.82) is 0 Å². The number of nitrogens with zero attached hydrogens (tertiary/aromatic N) is 2. The maximum Gasteiger partial charge on any atom is 0.237 e. The molecule has 0 amide bonds. The third-order valence-corrected chi connectivity index (χ3v) is 3.25. The van der Waals surface area contributed by atoms with E-state index in [-0.39, 0.29) is 5.54 Å². The molecule has 0 fully saturated rings. The summed E-state index contributed by atoms with van der Waals surface area (Å²) in [5.74, 6) is 1.34. The van der Waals surface area contributed by atoms with Crippen molar-refractivity contribution in [2.75, 3.05) is 0 Å². The monoisotopic (exact) mass is 285 g/mol. The topological polar surface area (TPSA) is 47.0 Å². The van der Waals surface area contributed by atoms with Crippen LogP contribution in [0.3, 0.4) is 0 Å². The minimum atomic E-state index is 0.0650. The summed E-state index contributed by atoms with van der Waals surface area (Å²) in [6.07, 6.45) is 3.42. The Morgan fingerprint density at radius 3 is 2.48 bits per heavy atom. The Balaban J connectivity index is 2.04. The number of hydrogen-bond acceptors (Lipinski definition) is 4. The van der Waals surface area contributed by atoms with Crippen molar-refractivity contribution in [1.82, 2.24) is 15.3 Å². The Bertz CT molecular complexity index is 600. The van der Waals surface area contributed by atoms with E-state index in [0.717, 1.165) is 17.0 Å². The van der Waals surface area contributed by atoms with Gasteiger partial charge in [-0.15, -0.1) is 0 Å². The molecular weight excluding hydrogens is 262 g/mol. The Morgan fingerprint density at radius 1 is 1.10 bits per heavy atom. The van der Waals surface area contributed by atoms with Crippen molar-refractivity contribution < 1.29 is 4.74 Å². The molecule has 0 saturated carbocycles. The average Bonchev–Trinajstić information content (AvgIpc) is 2.42. The second-order valence-electron chi connectivity index (χ2n) is 6.25. The molecule has 1 aromatic heterocycles. The van der Waals surface area contributed by atoms with E-state index in [1.807, 2.05) is 19.1 Å².